The predicted molar refractivity (Wildman–Crippen MR) is 83.4 cm³/mol. The quantitative estimate of drug-likeness (QED) is 0.688. The van der Waals surface area contributed by atoms with Gasteiger partial charge in [0.25, 0.3) is 0 Å². The standard InChI is InChI=1S/C18H17NO3/c1-12-17(13(2)22-19-12)10-18(20)21-11-15-8-5-7-14-6-3-4-9-16(14)15/h3-9H,10-11H2,1-2H3. The number of hydrogen-bond donors (Lipinski definition) is 0. The maximum Gasteiger partial charge on any atom is 0.310 e. The molecule has 0 radical (unpaired) electrons. The Morgan fingerprint density at radius 3 is 2.68 bits per heavy atom. The number of carbonyl (C=O) groups excluding carboxylic acids is 1. The molecule has 4 nitrogen and oxygen atoms in total. The van der Waals surface area contributed by atoms with Crippen LogP contribution >= 0.6 is 0 Å². The van der Waals surface area contributed by atoms with Gasteiger partial charge in [0.1, 0.15) is 12.4 Å². The van der Waals surface area contributed by atoms with E-state index >= 15 is 0 Å². The van der Waals surface area contributed by atoms with E-state index in [0.717, 1.165) is 27.6 Å². The zero-order valence-electron chi connectivity index (χ0n) is 12.6. The second-order valence-electron chi connectivity index (χ2n) is 5.28. The molecule has 4 heteroatoms. The first kappa shape index (κ1) is 14.3. The first-order valence-electron chi connectivity index (χ1n) is 7.19. The van der Waals surface area contributed by atoms with Crippen molar-refractivity contribution in [3.8, 4) is 0 Å². The van der Waals surface area contributed by atoms with Crippen molar-refractivity contribution in [2.45, 2.75) is 26.9 Å². The molecule has 0 aliphatic carbocycles. The van der Waals surface area contributed by atoms with Crippen LogP contribution in [0.25, 0.3) is 10.8 Å². The zero-order valence-corrected chi connectivity index (χ0v) is 12.6. The van der Waals surface area contributed by atoms with Crippen LogP contribution < -0.4 is 0 Å². The summed E-state index contributed by atoms with van der Waals surface area (Å²) in [6, 6.07) is 14.1. The Kier molecular flexibility index (Phi) is 3.92. The van der Waals surface area contributed by atoms with Crippen LogP contribution in [0.4, 0.5) is 0 Å². The fourth-order valence-electron chi connectivity index (χ4n) is 2.53. The first-order chi connectivity index (χ1) is 10.6. The van der Waals surface area contributed by atoms with Crippen molar-refractivity contribution in [2.75, 3.05) is 0 Å². The third kappa shape index (κ3) is 2.86. The molecule has 0 fully saturated rings. The summed E-state index contributed by atoms with van der Waals surface area (Å²) in [6.45, 7) is 3.89. The second-order valence-corrected chi connectivity index (χ2v) is 5.28. The van der Waals surface area contributed by atoms with Gasteiger partial charge in [-0.3, -0.25) is 4.79 Å². The number of hydrogen-bond acceptors (Lipinski definition) is 4. The molecule has 1 aromatic heterocycles. The molecule has 0 N–H and O–H groups in total. The Morgan fingerprint density at radius 1 is 1.14 bits per heavy atom. The topological polar surface area (TPSA) is 52.3 Å². The lowest BCUT2D eigenvalue weighted by atomic mass is 10.1. The number of esters is 1. The normalized spacial score (nSPS) is 10.8. The maximum absolute atomic E-state index is 12.0. The maximum atomic E-state index is 12.0. The molecule has 3 aromatic rings. The number of ether oxygens (including phenoxy) is 1. The minimum Gasteiger partial charge on any atom is -0.461 e. The Labute approximate surface area is 128 Å². The summed E-state index contributed by atoms with van der Waals surface area (Å²) >= 11 is 0. The molecule has 22 heavy (non-hydrogen) atoms. The minimum absolute atomic E-state index is 0.186. The fourth-order valence-corrected chi connectivity index (χ4v) is 2.53. The number of rotatable bonds is 4. The monoisotopic (exact) mass is 295 g/mol. The van der Waals surface area contributed by atoms with Gasteiger partial charge in [0.2, 0.25) is 0 Å². The minimum atomic E-state index is -0.276. The first-order valence-corrected chi connectivity index (χ1v) is 7.19. The summed E-state index contributed by atoms with van der Waals surface area (Å²) in [6.07, 6.45) is 0.186. The summed E-state index contributed by atoms with van der Waals surface area (Å²) in [5.41, 5.74) is 2.55. The summed E-state index contributed by atoms with van der Waals surface area (Å²) in [7, 11) is 0. The van der Waals surface area contributed by atoms with Crippen molar-refractivity contribution in [2.24, 2.45) is 0 Å². The van der Waals surface area contributed by atoms with E-state index in [1.165, 1.54) is 0 Å². The average Bonchev–Trinajstić information content (AvgIpc) is 2.85. The van der Waals surface area contributed by atoms with Crippen molar-refractivity contribution in [1.82, 2.24) is 5.16 Å². The number of benzene rings is 2. The van der Waals surface area contributed by atoms with Crippen molar-refractivity contribution in [3.63, 3.8) is 0 Å². The van der Waals surface area contributed by atoms with Gasteiger partial charge in [0.05, 0.1) is 12.1 Å². The Hall–Kier alpha value is -2.62. The third-order valence-electron chi connectivity index (χ3n) is 3.77. The van der Waals surface area contributed by atoms with Gasteiger partial charge < -0.3 is 9.26 Å². The van der Waals surface area contributed by atoms with Gasteiger partial charge in [-0.2, -0.15) is 0 Å². The molecule has 0 amide bonds. The highest BCUT2D eigenvalue weighted by molar-refractivity contribution is 5.85. The van der Waals surface area contributed by atoms with E-state index in [9.17, 15) is 4.79 Å². The largest absolute Gasteiger partial charge is 0.461 e. The third-order valence-corrected chi connectivity index (χ3v) is 3.77. The average molecular weight is 295 g/mol. The lowest BCUT2D eigenvalue weighted by molar-refractivity contribution is -0.144. The van der Waals surface area contributed by atoms with Crippen LogP contribution in [0.5, 0.6) is 0 Å². The molecule has 0 spiro atoms. The summed E-state index contributed by atoms with van der Waals surface area (Å²) < 4.78 is 10.5. The number of carbonyl (C=O) groups is 1. The van der Waals surface area contributed by atoms with Crippen LogP contribution in [0.1, 0.15) is 22.6 Å². The molecular formula is C18H17NO3. The molecule has 0 atom stereocenters. The SMILES string of the molecule is Cc1noc(C)c1CC(=O)OCc1cccc2ccccc12. The molecule has 2 aromatic carbocycles. The molecule has 1 heterocycles. The van der Waals surface area contributed by atoms with Crippen molar-refractivity contribution >= 4 is 16.7 Å². The molecule has 3 rings (SSSR count). The molecule has 0 unspecified atom stereocenters. The van der Waals surface area contributed by atoms with E-state index in [1.54, 1.807) is 6.92 Å². The molecule has 112 valence electrons. The van der Waals surface area contributed by atoms with Crippen molar-refractivity contribution in [3.05, 3.63) is 65.0 Å². The van der Waals surface area contributed by atoms with Gasteiger partial charge in [0, 0.05) is 5.56 Å². The Balaban J connectivity index is 1.70. The van der Waals surface area contributed by atoms with Crippen LogP contribution in [0.15, 0.2) is 47.0 Å². The van der Waals surface area contributed by atoms with E-state index in [1.807, 2.05) is 49.4 Å². The highest BCUT2D eigenvalue weighted by Gasteiger charge is 2.14. The molecule has 0 aliphatic rings. The molecular weight excluding hydrogens is 278 g/mol. The summed E-state index contributed by atoms with van der Waals surface area (Å²) in [5.74, 6) is 0.391. The Morgan fingerprint density at radius 2 is 1.91 bits per heavy atom. The summed E-state index contributed by atoms with van der Waals surface area (Å²) in [5, 5.41) is 6.09. The highest BCUT2D eigenvalue weighted by atomic mass is 16.5. The summed E-state index contributed by atoms with van der Waals surface area (Å²) in [4.78, 5) is 12.0. The Bertz CT molecular complexity index is 795. The van der Waals surface area contributed by atoms with Crippen LogP contribution in [0.3, 0.4) is 0 Å². The number of aryl methyl sites for hydroxylation is 2. The lowest BCUT2D eigenvalue weighted by Crippen LogP contribution is -2.09. The van der Waals surface area contributed by atoms with Gasteiger partial charge in [-0.25, -0.2) is 0 Å². The number of aromatic nitrogens is 1. The van der Waals surface area contributed by atoms with E-state index in [4.69, 9.17) is 9.26 Å². The second kappa shape index (κ2) is 6.02. The molecule has 0 saturated carbocycles. The van der Waals surface area contributed by atoms with Gasteiger partial charge in [-0.15, -0.1) is 0 Å². The van der Waals surface area contributed by atoms with Crippen LogP contribution in [0, 0.1) is 13.8 Å². The zero-order chi connectivity index (χ0) is 15.5. The number of nitrogens with zero attached hydrogens (tertiary/aromatic N) is 1. The van der Waals surface area contributed by atoms with Gasteiger partial charge in [-0.1, -0.05) is 47.6 Å². The lowest BCUT2D eigenvalue weighted by Gasteiger charge is -2.08. The van der Waals surface area contributed by atoms with Crippen LogP contribution in [-0.4, -0.2) is 11.1 Å². The molecule has 0 bridgehead atoms. The van der Waals surface area contributed by atoms with E-state index < -0.39 is 0 Å². The predicted octanol–water partition coefficient (Wildman–Crippen LogP) is 3.73. The van der Waals surface area contributed by atoms with Gasteiger partial charge in [-0.05, 0) is 30.2 Å². The smallest absolute Gasteiger partial charge is 0.310 e. The van der Waals surface area contributed by atoms with Crippen LogP contribution in [0.2, 0.25) is 0 Å². The van der Waals surface area contributed by atoms with Gasteiger partial charge in [0.15, 0.2) is 0 Å². The highest BCUT2D eigenvalue weighted by Crippen LogP contribution is 2.20. The van der Waals surface area contributed by atoms with E-state index in [-0.39, 0.29) is 19.0 Å². The number of fused-ring (bicyclic) bond motifs is 1. The molecule has 0 saturated heterocycles. The van der Waals surface area contributed by atoms with E-state index in [0.29, 0.717) is 5.76 Å². The van der Waals surface area contributed by atoms with E-state index in [2.05, 4.69) is 5.16 Å². The molecule has 0 aliphatic heterocycles. The fraction of sp³-hybridized carbons (Fsp3) is 0.222. The van der Waals surface area contributed by atoms with Crippen molar-refractivity contribution in [1.29, 1.82) is 0 Å². The van der Waals surface area contributed by atoms with Gasteiger partial charge >= 0.3 is 5.97 Å². The van der Waals surface area contributed by atoms with Crippen LogP contribution in [-0.2, 0) is 22.6 Å². The van der Waals surface area contributed by atoms with Crippen molar-refractivity contribution < 1.29 is 14.1 Å².